The smallest absolute Gasteiger partial charge is 0.240 e. The van der Waals surface area contributed by atoms with Crippen molar-refractivity contribution in [1.82, 2.24) is 4.72 Å². The first-order valence-electron chi connectivity index (χ1n) is 8.05. The first-order valence-corrected chi connectivity index (χ1v) is 9.54. The lowest BCUT2D eigenvalue weighted by atomic mass is 9.85. The zero-order valence-corrected chi connectivity index (χ0v) is 15.5. The Kier molecular flexibility index (Phi) is 4.61. The fourth-order valence-corrected chi connectivity index (χ4v) is 4.45. The van der Waals surface area contributed by atoms with Crippen molar-refractivity contribution in [3.8, 4) is 0 Å². The Morgan fingerprint density at radius 3 is 2.39 bits per heavy atom. The van der Waals surface area contributed by atoms with Crippen LogP contribution in [-0.2, 0) is 20.2 Å². The number of nitrogens with one attached hydrogen (secondary N) is 1. The lowest BCUT2D eigenvalue weighted by molar-refractivity contribution is -0.122. The number of nitrogens with zero attached hydrogens (tertiary/aromatic N) is 1. The van der Waals surface area contributed by atoms with Gasteiger partial charge in [0.25, 0.3) is 0 Å². The van der Waals surface area contributed by atoms with Crippen LogP contribution in [0.1, 0.15) is 52.2 Å². The highest BCUT2D eigenvalue weighted by Gasteiger charge is 2.44. The van der Waals surface area contributed by atoms with Crippen molar-refractivity contribution in [2.24, 2.45) is 0 Å². The van der Waals surface area contributed by atoms with Gasteiger partial charge < -0.3 is 4.90 Å². The van der Waals surface area contributed by atoms with Crippen molar-refractivity contribution >= 4 is 21.6 Å². The summed E-state index contributed by atoms with van der Waals surface area (Å²) in [5.41, 5.74) is 1.74. The first-order chi connectivity index (χ1) is 10.6. The number of carbonyl (C=O) groups is 1. The molecule has 1 aromatic carbocycles. The minimum absolute atomic E-state index is 0.0162. The van der Waals surface area contributed by atoms with Crippen molar-refractivity contribution in [2.45, 2.75) is 64.3 Å². The topological polar surface area (TPSA) is 66.5 Å². The van der Waals surface area contributed by atoms with Crippen molar-refractivity contribution in [3.05, 3.63) is 23.3 Å². The summed E-state index contributed by atoms with van der Waals surface area (Å²) < 4.78 is 27.9. The summed E-state index contributed by atoms with van der Waals surface area (Å²) >= 11 is 0. The van der Waals surface area contributed by atoms with E-state index in [1.165, 1.54) is 0 Å². The third-order valence-corrected chi connectivity index (χ3v) is 6.16. The van der Waals surface area contributed by atoms with Crippen molar-refractivity contribution < 1.29 is 13.2 Å². The highest BCUT2D eigenvalue weighted by atomic mass is 32.2. The van der Waals surface area contributed by atoms with Crippen LogP contribution in [0.2, 0.25) is 0 Å². The molecule has 2 rings (SSSR count). The Labute approximate surface area is 139 Å². The minimum atomic E-state index is -3.59. The molecule has 0 fully saturated rings. The van der Waals surface area contributed by atoms with Gasteiger partial charge in [-0.05, 0) is 64.3 Å². The van der Waals surface area contributed by atoms with Gasteiger partial charge in [-0.25, -0.2) is 13.1 Å². The molecular formula is C17H26N2O3S. The maximum absolute atomic E-state index is 12.6. The van der Waals surface area contributed by atoms with Gasteiger partial charge in [-0.15, -0.1) is 0 Å². The summed E-state index contributed by atoms with van der Waals surface area (Å²) in [6, 6.07) is 3.18. The van der Waals surface area contributed by atoms with E-state index in [1.54, 1.807) is 17.0 Å². The monoisotopic (exact) mass is 338 g/mol. The number of likely N-dealkylation sites (N-methyl/N-ethyl adjacent to an activating group) is 1. The molecule has 0 bridgehead atoms. The number of rotatable bonds is 5. The number of hydrogen-bond donors (Lipinski definition) is 1. The van der Waals surface area contributed by atoms with E-state index in [2.05, 4.69) is 4.72 Å². The van der Waals surface area contributed by atoms with E-state index in [4.69, 9.17) is 0 Å². The maximum Gasteiger partial charge on any atom is 0.240 e. The molecule has 1 aromatic rings. The zero-order valence-electron chi connectivity index (χ0n) is 14.7. The second-order valence-corrected chi connectivity index (χ2v) is 8.46. The number of aryl methyl sites for hydroxylation is 1. The molecular weight excluding hydrogens is 312 g/mol. The average Bonchev–Trinajstić information content (AvgIpc) is 2.66. The molecule has 1 aliphatic rings. The third-order valence-electron chi connectivity index (χ3n) is 4.59. The molecule has 23 heavy (non-hydrogen) atoms. The second-order valence-electron chi connectivity index (χ2n) is 6.74. The van der Waals surface area contributed by atoms with E-state index >= 15 is 0 Å². The molecule has 1 atom stereocenters. The molecule has 1 amide bonds. The van der Waals surface area contributed by atoms with Crippen LogP contribution in [-0.4, -0.2) is 26.9 Å². The number of sulfonamides is 1. The molecule has 0 saturated carbocycles. The van der Waals surface area contributed by atoms with Gasteiger partial charge in [0.2, 0.25) is 15.9 Å². The Bertz CT molecular complexity index is 738. The standard InChI is InChI=1S/C17H26N2O3S/c1-7-12(4)18-23(21,22)13-9-11(3)15-14(10-13)17(5,6)16(20)19(15)8-2/h9-10,12,18H,7-8H2,1-6H3. The van der Waals surface area contributed by atoms with Crippen LogP contribution in [0.25, 0.3) is 0 Å². The number of anilines is 1. The number of hydrogen-bond acceptors (Lipinski definition) is 3. The van der Waals surface area contributed by atoms with Crippen LogP contribution in [0.3, 0.4) is 0 Å². The number of amides is 1. The predicted molar refractivity (Wildman–Crippen MR) is 92.3 cm³/mol. The van der Waals surface area contributed by atoms with Crippen LogP contribution in [0.15, 0.2) is 17.0 Å². The normalized spacial score (nSPS) is 18.2. The molecule has 128 valence electrons. The quantitative estimate of drug-likeness (QED) is 0.897. The van der Waals surface area contributed by atoms with Gasteiger partial charge in [-0.2, -0.15) is 0 Å². The average molecular weight is 338 g/mol. The first kappa shape index (κ1) is 17.9. The Hall–Kier alpha value is -1.40. The Balaban J connectivity index is 2.61. The van der Waals surface area contributed by atoms with E-state index in [0.717, 1.165) is 23.2 Å². The number of benzene rings is 1. The number of fused-ring (bicyclic) bond motifs is 1. The molecule has 0 aliphatic carbocycles. The van der Waals surface area contributed by atoms with E-state index in [9.17, 15) is 13.2 Å². The maximum atomic E-state index is 12.6. The summed E-state index contributed by atoms with van der Waals surface area (Å²) in [4.78, 5) is 14.6. The summed E-state index contributed by atoms with van der Waals surface area (Å²) in [6.45, 7) is 11.8. The molecule has 1 unspecified atom stereocenters. The molecule has 0 radical (unpaired) electrons. The highest BCUT2D eigenvalue weighted by molar-refractivity contribution is 7.89. The molecule has 0 saturated heterocycles. The molecule has 0 spiro atoms. The Morgan fingerprint density at radius 2 is 1.87 bits per heavy atom. The highest BCUT2D eigenvalue weighted by Crippen LogP contribution is 2.44. The van der Waals surface area contributed by atoms with Crippen LogP contribution >= 0.6 is 0 Å². The fraction of sp³-hybridized carbons (Fsp3) is 0.588. The summed E-state index contributed by atoms with van der Waals surface area (Å²) in [6.07, 6.45) is 0.719. The Morgan fingerprint density at radius 1 is 1.26 bits per heavy atom. The van der Waals surface area contributed by atoms with Crippen molar-refractivity contribution in [1.29, 1.82) is 0 Å². The summed E-state index contributed by atoms with van der Waals surface area (Å²) in [5, 5.41) is 0. The molecule has 1 aliphatic heterocycles. The van der Waals surface area contributed by atoms with Gasteiger partial charge in [0.1, 0.15) is 0 Å². The van der Waals surface area contributed by atoms with Crippen LogP contribution in [0.4, 0.5) is 5.69 Å². The third kappa shape index (κ3) is 2.90. The van der Waals surface area contributed by atoms with Crippen LogP contribution in [0.5, 0.6) is 0 Å². The zero-order chi connectivity index (χ0) is 17.6. The minimum Gasteiger partial charge on any atom is -0.311 e. The van der Waals surface area contributed by atoms with Gasteiger partial charge in [-0.1, -0.05) is 6.92 Å². The van der Waals surface area contributed by atoms with Gasteiger partial charge in [0.15, 0.2) is 0 Å². The van der Waals surface area contributed by atoms with Gasteiger partial charge in [-0.3, -0.25) is 4.79 Å². The van der Waals surface area contributed by atoms with Crippen molar-refractivity contribution in [3.63, 3.8) is 0 Å². The van der Waals surface area contributed by atoms with Crippen molar-refractivity contribution in [2.75, 3.05) is 11.4 Å². The summed E-state index contributed by atoms with van der Waals surface area (Å²) in [7, 11) is -3.59. The van der Waals surface area contributed by atoms with E-state index in [0.29, 0.717) is 6.54 Å². The fourth-order valence-electron chi connectivity index (χ4n) is 3.01. The second kappa shape index (κ2) is 5.91. The summed E-state index contributed by atoms with van der Waals surface area (Å²) in [5.74, 6) is 0.0162. The lowest BCUT2D eigenvalue weighted by Gasteiger charge is -2.18. The van der Waals surface area contributed by atoms with Gasteiger partial charge in [0.05, 0.1) is 16.0 Å². The van der Waals surface area contributed by atoms with Crippen LogP contribution in [0, 0.1) is 6.92 Å². The SMILES string of the molecule is CCC(C)NS(=O)(=O)c1cc(C)c2c(c1)C(C)(C)C(=O)N2CC. The van der Waals surface area contributed by atoms with Gasteiger partial charge >= 0.3 is 0 Å². The lowest BCUT2D eigenvalue weighted by Crippen LogP contribution is -2.36. The van der Waals surface area contributed by atoms with E-state index in [1.807, 2.05) is 41.5 Å². The molecule has 0 aromatic heterocycles. The van der Waals surface area contributed by atoms with E-state index < -0.39 is 15.4 Å². The number of carbonyl (C=O) groups excluding carboxylic acids is 1. The van der Waals surface area contributed by atoms with Crippen LogP contribution < -0.4 is 9.62 Å². The largest absolute Gasteiger partial charge is 0.311 e. The van der Waals surface area contributed by atoms with E-state index in [-0.39, 0.29) is 16.8 Å². The predicted octanol–water partition coefficient (Wildman–Crippen LogP) is 2.72. The van der Waals surface area contributed by atoms with Gasteiger partial charge in [0, 0.05) is 12.6 Å². The molecule has 1 heterocycles. The molecule has 1 N–H and O–H groups in total. The molecule has 6 heteroatoms. The molecule has 5 nitrogen and oxygen atoms in total.